The first-order chi connectivity index (χ1) is 8.79. The maximum atomic E-state index is 9.74. The van der Waals surface area contributed by atoms with Gasteiger partial charge < -0.3 is 5.11 Å². The Hall–Kier alpha value is -2.53. The first-order valence-electron chi connectivity index (χ1n) is 5.70. The van der Waals surface area contributed by atoms with Gasteiger partial charge in [0, 0.05) is 0 Å². The monoisotopic (exact) mass is 235 g/mol. The van der Waals surface area contributed by atoms with E-state index < -0.39 is 0 Å². The van der Waals surface area contributed by atoms with E-state index in [0.717, 1.165) is 11.1 Å². The molecular weight excluding hydrogens is 222 g/mol. The van der Waals surface area contributed by atoms with Crippen LogP contribution in [0.15, 0.2) is 54.6 Å². The summed E-state index contributed by atoms with van der Waals surface area (Å²) in [5, 5.41) is 9.74. The largest absolute Gasteiger partial charge is 0.509 e. The van der Waals surface area contributed by atoms with E-state index in [1.54, 1.807) is 12.1 Å². The van der Waals surface area contributed by atoms with E-state index in [-0.39, 0.29) is 5.75 Å². The van der Waals surface area contributed by atoms with Crippen LogP contribution in [0.4, 0.5) is 5.69 Å². The fourth-order valence-electron chi connectivity index (χ4n) is 1.68. The van der Waals surface area contributed by atoms with Gasteiger partial charge in [-0.25, -0.2) is 4.85 Å². The summed E-state index contributed by atoms with van der Waals surface area (Å²) in [5.41, 5.74) is 2.42. The van der Waals surface area contributed by atoms with Crippen LogP contribution in [0.5, 0.6) is 5.75 Å². The zero-order chi connectivity index (χ0) is 12.8. The summed E-state index contributed by atoms with van der Waals surface area (Å²) in [4.78, 5) is 3.27. The second kappa shape index (κ2) is 5.70. The number of nitrogens with zero attached hydrogens (tertiary/aromatic N) is 1. The van der Waals surface area contributed by atoms with E-state index in [9.17, 15) is 5.11 Å². The first-order valence-corrected chi connectivity index (χ1v) is 5.70. The number of aromatic hydroxyl groups is 1. The number of rotatable bonds is 3. The molecule has 0 bridgehead atoms. The van der Waals surface area contributed by atoms with E-state index >= 15 is 0 Å². The Morgan fingerprint density at radius 2 is 1.89 bits per heavy atom. The quantitative estimate of drug-likeness (QED) is 0.792. The van der Waals surface area contributed by atoms with E-state index in [0.29, 0.717) is 12.1 Å². The van der Waals surface area contributed by atoms with Crippen LogP contribution in [-0.4, -0.2) is 5.11 Å². The second-order valence-corrected chi connectivity index (χ2v) is 3.94. The van der Waals surface area contributed by atoms with Crippen molar-refractivity contribution in [1.82, 2.24) is 0 Å². The third kappa shape index (κ3) is 2.99. The van der Waals surface area contributed by atoms with Gasteiger partial charge in [-0.3, -0.25) is 0 Å². The van der Waals surface area contributed by atoms with Crippen LogP contribution >= 0.6 is 0 Å². The lowest BCUT2D eigenvalue weighted by Crippen LogP contribution is -1.81. The zero-order valence-electron chi connectivity index (χ0n) is 9.88. The third-order valence-corrected chi connectivity index (χ3v) is 2.65. The lowest BCUT2D eigenvalue weighted by atomic mass is 10.1. The Bertz CT molecular complexity index is 594. The normalized spacial score (nSPS) is 10.4. The van der Waals surface area contributed by atoms with Gasteiger partial charge >= 0.3 is 0 Å². The van der Waals surface area contributed by atoms with E-state index in [4.69, 9.17) is 6.57 Å². The summed E-state index contributed by atoms with van der Waals surface area (Å²) in [6.07, 6.45) is 4.67. The molecule has 1 N–H and O–H groups in total. The van der Waals surface area contributed by atoms with Gasteiger partial charge in [0.1, 0.15) is 5.75 Å². The zero-order valence-corrected chi connectivity index (χ0v) is 9.88. The highest BCUT2D eigenvalue weighted by molar-refractivity contribution is 5.54. The molecule has 0 atom stereocenters. The van der Waals surface area contributed by atoms with Crippen molar-refractivity contribution in [3.63, 3.8) is 0 Å². The topological polar surface area (TPSA) is 24.6 Å². The second-order valence-electron chi connectivity index (χ2n) is 3.94. The minimum absolute atomic E-state index is 0.182. The maximum Gasteiger partial charge on any atom is 0.190 e. The molecule has 0 spiro atoms. The van der Waals surface area contributed by atoms with Gasteiger partial charge in [-0.2, -0.15) is 0 Å². The molecule has 2 nitrogen and oxygen atoms in total. The van der Waals surface area contributed by atoms with Crippen molar-refractivity contribution in [3.05, 3.63) is 77.2 Å². The number of phenolic OH excluding ortho intramolecular Hbond substituents is 1. The summed E-state index contributed by atoms with van der Waals surface area (Å²) in [6, 6.07) is 15.0. The molecule has 0 aromatic heterocycles. The number of allylic oxidation sites excluding steroid dienone is 1. The van der Waals surface area contributed by atoms with Crippen molar-refractivity contribution in [2.45, 2.75) is 6.42 Å². The fraction of sp³-hybridized carbons (Fsp3) is 0.0625. The van der Waals surface area contributed by atoms with Gasteiger partial charge in [-0.15, -0.1) is 0 Å². The molecule has 0 radical (unpaired) electrons. The molecule has 2 aromatic rings. The third-order valence-electron chi connectivity index (χ3n) is 2.65. The van der Waals surface area contributed by atoms with E-state index in [1.807, 2.05) is 42.5 Å². The molecule has 0 heterocycles. The molecule has 2 heteroatoms. The Labute approximate surface area is 107 Å². The summed E-state index contributed by atoms with van der Waals surface area (Å²) in [5.74, 6) is 0.182. The number of phenols is 1. The van der Waals surface area contributed by atoms with E-state index in [1.165, 1.54) is 6.07 Å². The molecule has 88 valence electrons. The summed E-state index contributed by atoms with van der Waals surface area (Å²) in [7, 11) is 0. The lowest BCUT2D eigenvalue weighted by Gasteiger charge is -2.01. The fourth-order valence-corrected chi connectivity index (χ4v) is 1.68. The van der Waals surface area contributed by atoms with Crippen molar-refractivity contribution in [2.75, 3.05) is 0 Å². The van der Waals surface area contributed by atoms with Crippen LogP contribution in [0.25, 0.3) is 10.9 Å². The number of hydrogen-bond donors (Lipinski definition) is 1. The summed E-state index contributed by atoms with van der Waals surface area (Å²) >= 11 is 0. The van der Waals surface area contributed by atoms with Gasteiger partial charge in [0.2, 0.25) is 0 Å². The molecule has 0 aliphatic heterocycles. The van der Waals surface area contributed by atoms with Gasteiger partial charge in [-0.05, 0) is 23.6 Å². The molecule has 2 aromatic carbocycles. The van der Waals surface area contributed by atoms with Crippen LogP contribution < -0.4 is 0 Å². The minimum Gasteiger partial charge on any atom is -0.509 e. The highest BCUT2D eigenvalue weighted by atomic mass is 16.3. The van der Waals surface area contributed by atoms with Crippen LogP contribution in [0.3, 0.4) is 0 Å². The molecule has 18 heavy (non-hydrogen) atoms. The summed E-state index contributed by atoms with van der Waals surface area (Å²) < 4.78 is 0. The number of benzene rings is 2. The average Bonchev–Trinajstić information content (AvgIpc) is 2.42. The minimum atomic E-state index is 0.182. The lowest BCUT2D eigenvalue weighted by molar-refractivity contribution is 0.470. The molecular formula is C16H13NO. The molecule has 0 aliphatic carbocycles. The smallest absolute Gasteiger partial charge is 0.190 e. The van der Waals surface area contributed by atoms with E-state index in [2.05, 4.69) is 4.85 Å². The molecule has 2 rings (SSSR count). The summed E-state index contributed by atoms with van der Waals surface area (Å²) in [6.45, 7) is 6.86. The van der Waals surface area contributed by atoms with Gasteiger partial charge in [0.15, 0.2) is 5.69 Å². The first kappa shape index (κ1) is 11.9. The predicted molar refractivity (Wildman–Crippen MR) is 73.5 cm³/mol. The van der Waals surface area contributed by atoms with Crippen molar-refractivity contribution in [1.29, 1.82) is 0 Å². The molecule has 0 fully saturated rings. The van der Waals surface area contributed by atoms with Crippen molar-refractivity contribution in [3.8, 4) is 5.75 Å². The van der Waals surface area contributed by atoms with Gasteiger partial charge in [0.05, 0.1) is 6.57 Å². The maximum absolute atomic E-state index is 9.74. The molecule has 0 saturated carbocycles. The van der Waals surface area contributed by atoms with Crippen LogP contribution in [-0.2, 0) is 6.42 Å². The molecule has 0 aliphatic rings. The Balaban J connectivity index is 2.07. The van der Waals surface area contributed by atoms with Crippen molar-refractivity contribution < 1.29 is 5.11 Å². The Morgan fingerprint density at radius 1 is 1.11 bits per heavy atom. The molecule has 0 amide bonds. The Morgan fingerprint density at radius 3 is 2.56 bits per heavy atom. The van der Waals surface area contributed by atoms with Crippen LogP contribution in [0.2, 0.25) is 0 Å². The molecule has 0 unspecified atom stereocenters. The molecule has 0 saturated heterocycles. The SMILES string of the molecule is [C-]#[N+]c1ccc(C/C=C/c2ccccc2)c(O)c1. The van der Waals surface area contributed by atoms with Crippen molar-refractivity contribution in [2.24, 2.45) is 0 Å². The van der Waals surface area contributed by atoms with Crippen LogP contribution in [0.1, 0.15) is 11.1 Å². The average molecular weight is 235 g/mol. The Kier molecular flexibility index (Phi) is 3.78. The highest BCUT2D eigenvalue weighted by Gasteiger charge is 2.00. The number of hydrogen-bond acceptors (Lipinski definition) is 1. The highest BCUT2D eigenvalue weighted by Crippen LogP contribution is 2.24. The van der Waals surface area contributed by atoms with Crippen molar-refractivity contribution >= 4 is 11.8 Å². The van der Waals surface area contributed by atoms with Gasteiger partial charge in [-0.1, -0.05) is 54.6 Å². The van der Waals surface area contributed by atoms with Gasteiger partial charge in [0.25, 0.3) is 0 Å². The predicted octanol–water partition coefficient (Wildman–Crippen LogP) is 4.20. The standard InChI is InChI=1S/C16H13NO/c1-17-15-11-10-14(16(18)12-15)9-5-8-13-6-3-2-4-7-13/h2-8,10-12,18H,9H2/b8-5+. The van der Waals surface area contributed by atoms with Crippen LogP contribution in [0, 0.1) is 6.57 Å².